The number of hydrogen-bond donors (Lipinski definition) is 0. The van der Waals surface area contributed by atoms with E-state index in [0.717, 1.165) is 0 Å². The highest BCUT2D eigenvalue weighted by molar-refractivity contribution is 6.83. The number of rotatable bonds is 7. The summed E-state index contributed by atoms with van der Waals surface area (Å²) in [5, 5.41) is 0. The van der Waals surface area contributed by atoms with Gasteiger partial charge in [0, 0.05) is 0 Å². The average Bonchev–Trinajstić information content (AvgIpc) is 2.19. The molecule has 2 nitrogen and oxygen atoms in total. The maximum absolute atomic E-state index is 5.32. The van der Waals surface area contributed by atoms with Gasteiger partial charge in [-0.15, -0.1) is 12.1 Å². The van der Waals surface area contributed by atoms with Crippen LogP contribution in [-0.2, 0) is 9.47 Å². The summed E-state index contributed by atoms with van der Waals surface area (Å²) in [7, 11) is -1.24. The second-order valence-electron chi connectivity index (χ2n) is 4.36. The Hall–Kier alpha value is -0.823. The van der Waals surface area contributed by atoms with Crippen LogP contribution < -0.4 is 0 Å². The normalized spacial score (nSPS) is 11.2. The van der Waals surface area contributed by atoms with E-state index in [9.17, 15) is 0 Å². The molecule has 0 aliphatic carbocycles. The maximum atomic E-state index is 5.32. The lowest BCUT2D eigenvalue weighted by Crippen LogP contribution is -2.16. The number of ether oxygens (including phenoxy) is 2. The highest BCUT2D eigenvalue weighted by Crippen LogP contribution is 1.95. The molecule has 0 bridgehead atoms. The average molecular weight is 238 g/mol. The third kappa shape index (κ3) is 13.2. The Balaban J connectivity index is 3.38. The van der Waals surface area contributed by atoms with E-state index in [1.165, 1.54) is 0 Å². The summed E-state index contributed by atoms with van der Waals surface area (Å²) in [5.74, 6) is 3.05. The van der Waals surface area contributed by atoms with E-state index in [1.807, 2.05) is 12.2 Å². The molecular weight excluding hydrogens is 216 g/mol. The molecule has 0 aliphatic rings. The van der Waals surface area contributed by atoms with Gasteiger partial charge in [-0.25, -0.2) is 0 Å². The summed E-state index contributed by atoms with van der Waals surface area (Å²) >= 11 is 0. The molecule has 90 valence electrons. The second kappa shape index (κ2) is 9.41. The highest BCUT2D eigenvalue weighted by Gasteiger charge is 2.06. The zero-order valence-corrected chi connectivity index (χ0v) is 11.6. The fourth-order valence-corrected chi connectivity index (χ4v) is 1.44. The lowest BCUT2D eigenvalue weighted by Gasteiger charge is -2.03. The van der Waals surface area contributed by atoms with Gasteiger partial charge in [0.1, 0.15) is 14.7 Å². The van der Waals surface area contributed by atoms with Crippen LogP contribution in [0.4, 0.5) is 0 Å². The summed E-state index contributed by atoms with van der Waals surface area (Å²) in [5.41, 5.74) is 3.24. The van der Waals surface area contributed by atoms with Gasteiger partial charge >= 0.3 is 0 Å². The molecule has 0 aliphatic heterocycles. The van der Waals surface area contributed by atoms with Crippen molar-refractivity contribution >= 4 is 8.07 Å². The van der Waals surface area contributed by atoms with Crippen LogP contribution in [0.3, 0.4) is 0 Å². The smallest absolute Gasteiger partial charge is 0.129 e. The minimum Gasteiger partial charge on any atom is -0.373 e. The van der Waals surface area contributed by atoms with Gasteiger partial charge in [0.15, 0.2) is 0 Å². The molecule has 16 heavy (non-hydrogen) atoms. The van der Waals surface area contributed by atoms with Crippen LogP contribution in [0, 0.1) is 11.5 Å². The monoisotopic (exact) mass is 238 g/mol. The molecule has 0 rings (SSSR count). The van der Waals surface area contributed by atoms with Crippen LogP contribution in [-0.4, -0.2) is 34.5 Å². The minimum absolute atomic E-state index is 0.516. The van der Waals surface area contributed by atoms with Crippen LogP contribution in [0.15, 0.2) is 24.8 Å². The Kier molecular flexibility index (Phi) is 8.92. The largest absolute Gasteiger partial charge is 0.373 e. The van der Waals surface area contributed by atoms with Gasteiger partial charge in [0.25, 0.3) is 0 Å². The van der Waals surface area contributed by atoms with E-state index >= 15 is 0 Å². The van der Waals surface area contributed by atoms with E-state index in [0.29, 0.717) is 26.4 Å². The van der Waals surface area contributed by atoms with Crippen molar-refractivity contribution in [3.8, 4) is 11.5 Å². The van der Waals surface area contributed by atoms with Crippen LogP contribution in [0.25, 0.3) is 0 Å². The Morgan fingerprint density at radius 3 is 2.25 bits per heavy atom. The summed E-state index contributed by atoms with van der Waals surface area (Å²) in [6, 6.07) is 0. The lowest BCUT2D eigenvalue weighted by molar-refractivity contribution is 0.187. The van der Waals surface area contributed by atoms with Gasteiger partial charge in [0.2, 0.25) is 0 Å². The molecule has 0 atom stereocenters. The highest BCUT2D eigenvalue weighted by atomic mass is 28.3. The molecule has 0 aromatic carbocycles. The van der Waals surface area contributed by atoms with E-state index in [1.54, 1.807) is 6.08 Å². The van der Waals surface area contributed by atoms with Crippen molar-refractivity contribution in [1.29, 1.82) is 0 Å². The van der Waals surface area contributed by atoms with Crippen LogP contribution >= 0.6 is 0 Å². The molecule has 0 spiro atoms. The van der Waals surface area contributed by atoms with Crippen LogP contribution in [0.5, 0.6) is 0 Å². The molecule has 0 aromatic rings. The molecule has 0 aromatic heterocycles. The SMILES string of the molecule is C=CCOC/C=C\COCC#C[Si](C)(C)C. The summed E-state index contributed by atoms with van der Waals surface area (Å²) < 4.78 is 10.5. The predicted molar refractivity (Wildman–Crippen MR) is 72.1 cm³/mol. The van der Waals surface area contributed by atoms with Crippen molar-refractivity contribution < 1.29 is 9.47 Å². The first-order valence-electron chi connectivity index (χ1n) is 5.47. The first-order valence-corrected chi connectivity index (χ1v) is 8.97. The third-order valence-corrected chi connectivity index (χ3v) is 2.39. The van der Waals surface area contributed by atoms with Gasteiger partial charge in [-0.05, 0) is 0 Å². The Morgan fingerprint density at radius 2 is 1.69 bits per heavy atom. The van der Waals surface area contributed by atoms with Gasteiger partial charge in [-0.2, -0.15) is 0 Å². The van der Waals surface area contributed by atoms with E-state index in [-0.39, 0.29) is 0 Å². The third-order valence-electron chi connectivity index (χ3n) is 1.47. The van der Waals surface area contributed by atoms with Gasteiger partial charge in [-0.3, -0.25) is 0 Å². The van der Waals surface area contributed by atoms with Crippen LogP contribution in [0.1, 0.15) is 0 Å². The zero-order chi connectivity index (χ0) is 12.3. The van der Waals surface area contributed by atoms with Crippen molar-refractivity contribution in [3.63, 3.8) is 0 Å². The maximum Gasteiger partial charge on any atom is 0.129 e. The Morgan fingerprint density at radius 1 is 1.06 bits per heavy atom. The fraction of sp³-hybridized carbons (Fsp3) is 0.538. The molecule has 0 unspecified atom stereocenters. The Bertz CT molecular complexity index is 266. The van der Waals surface area contributed by atoms with Crippen molar-refractivity contribution in [2.24, 2.45) is 0 Å². The molecule has 0 radical (unpaired) electrons. The summed E-state index contributed by atoms with van der Waals surface area (Å²) in [6.45, 7) is 12.5. The van der Waals surface area contributed by atoms with Crippen LogP contribution in [0.2, 0.25) is 19.6 Å². The molecule has 0 saturated heterocycles. The number of hydrogen-bond acceptors (Lipinski definition) is 2. The molecule has 0 heterocycles. The standard InChI is InChI=1S/C13H22O2Si/c1-5-9-14-10-6-7-11-15-12-8-13-16(2,3)4/h5-7H,1,9-12H2,2-4H3/b7-6-. The molecular formula is C13H22O2Si. The molecule has 0 saturated carbocycles. The quantitative estimate of drug-likeness (QED) is 0.294. The van der Waals surface area contributed by atoms with Crippen molar-refractivity contribution in [3.05, 3.63) is 24.8 Å². The first-order chi connectivity index (χ1) is 7.56. The summed E-state index contributed by atoms with van der Waals surface area (Å²) in [6.07, 6.45) is 5.62. The van der Waals surface area contributed by atoms with Gasteiger partial charge < -0.3 is 9.47 Å². The fourth-order valence-electron chi connectivity index (χ4n) is 0.835. The molecule has 0 fully saturated rings. The zero-order valence-electron chi connectivity index (χ0n) is 10.6. The van der Waals surface area contributed by atoms with Gasteiger partial charge in [-0.1, -0.05) is 43.8 Å². The molecule has 0 amide bonds. The second-order valence-corrected chi connectivity index (χ2v) is 9.11. The molecule has 0 N–H and O–H groups in total. The first kappa shape index (κ1) is 15.2. The molecule has 3 heteroatoms. The lowest BCUT2D eigenvalue weighted by atomic mass is 10.5. The topological polar surface area (TPSA) is 18.5 Å². The van der Waals surface area contributed by atoms with Gasteiger partial charge in [0.05, 0.1) is 19.8 Å². The Labute approximate surface area is 100 Å². The van der Waals surface area contributed by atoms with Crippen molar-refractivity contribution in [1.82, 2.24) is 0 Å². The van der Waals surface area contributed by atoms with Crippen molar-refractivity contribution in [2.45, 2.75) is 19.6 Å². The minimum atomic E-state index is -1.24. The van der Waals surface area contributed by atoms with E-state index < -0.39 is 8.07 Å². The predicted octanol–water partition coefficient (Wildman–Crippen LogP) is 2.64. The van der Waals surface area contributed by atoms with Crippen molar-refractivity contribution in [2.75, 3.05) is 26.4 Å². The van der Waals surface area contributed by atoms with E-state index in [2.05, 4.69) is 37.7 Å². The van der Waals surface area contributed by atoms with E-state index in [4.69, 9.17) is 9.47 Å². The summed E-state index contributed by atoms with van der Waals surface area (Å²) in [4.78, 5) is 0.